The molecule has 264 valence electrons. The highest BCUT2D eigenvalue weighted by Crippen LogP contribution is 2.39. The summed E-state index contributed by atoms with van der Waals surface area (Å²) in [6.45, 7) is 14.9. The normalized spacial score (nSPS) is 11.2. The molecule has 6 aromatic carbocycles. The minimum Gasteiger partial charge on any atom is -1.00 e. The van der Waals surface area contributed by atoms with Crippen molar-refractivity contribution in [3.05, 3.63) is 168 Å². The Hall–Kier alpha value is -4.56. The smallest absolute Gasteiger partial charge is 0.416 e. The fourth-order valence-corrected chi connectivity index (χ4v) is 5.38. The van der Waals surface area contributed by atoms with E-state index in [2.05, 4.69) is 119 Å². The summed E-state index contributed by atoms with van der Waals surface area (Å²) >= 11 is 0. The molecule has 0 aliphatic heterocycles. The van der Waals surface area contributed by atoms with E-state index < -0.39 is 11.7 Å². The summed E-state index contributed by atoms with van der Waals surface area (Å²) in [6, 6.07) is 46.9. The molecule has 0 unspecified atom stereocenters. The van der Waals surface area contributed by atoms with Crippen molar-refractivity contribution in [2.75, 3.05) is 9.80 Å². The van der Waals surface area contributed by atoms with Crippen LogP contribution < -0.4 is 33.8 Å². The Balaban J connectivity index is 0.000000909. The molecule has 0 N–H and O–H groups in total. The minimum absolute atomic E-state index is 0. The van der Waals surface area contributed by atoms with Crippen molar-refractivity contribution in [1.82, 2.24) is 0 Å². The summed E-state index contributed by atoms with van der Waals surface area (Å²) in [4.78, 5) is 4.21. The van der Waals surface area contributed by atoms with Gasteiger partial charge < -0.3 is 33.8 Å². The summed E-state index contributed by atoms with van der Waals surface area (Å²) in [5.74, 6) is 0. The maximum Gasteiger partial charge on any atom is 0.416 e. The van der Waals surface area contributed by atoms with Crippen molar-refractivity contribution < 1.29 is 37.1 Å². The number of halogens is 4. The molecule has 0 heterocycles. The maximum absolute atomic E-state index is 13.3. The predicted molar refractivity (Wildman–Crippen MR) is 206 cm³/mol. The quantitative estimate of drug-likeness (QED) is 0.149. The lowest BCUT2D eigenvalue weighted by atomic mass is 10.0. The third-order valence-corrected chi connectivity index (χ3v) is 7.91. The molecule has 2 nitrogen and oxygen atoms in total. The minimum atomic E-state index is -4.39. The van der Waals surface area contributed by atoms with E-state index in [1.165, 1.54) is 23.3 Å². The molecule has 0 amide bonds. The number of aryl methyl sites for hydroxylation is 3. The first-order valence-corrected chi connectivity index (χ1v) is 16.8. The van der Waals surface area contributed by atoms with Crippen LogP contribution in [0.1, 0.15) is 49.9 Å². The Morgan fingerprint density at radius 3 is 0.765 bits per heavy atom. The Kier molecular flexibility index (Phi) is 12.8. The average molecular weight is 798 g/mol. The van der Waals surface area contributed by atoms with Gasteiger partial charge in [-0.15, -0.1) is 0 Å². The van der Waals surface area contributed by atoms with Crippen molar-refractivity contribution >= 4 is 34.1 Å². The van der Waals surface area contributed by atoms with Gasteiger partial charge in [0.25, 0.3) is 0 Å². The van der Waals surface area contributed by atoms with E-state index in [9.17, 15) is 13.2 Å². The van der Waals surface area contributed by atoms with Gasteiger partial charge in [-0.2, -0.15) is 13.2 Å². The van der Waals surface area contributed by atoms with Gasteiger partial charge in [0.2, 0.25) is 0 Å². The fourth-order valence-electron chi connectivity index (χ4n) is 5.38. The molecule has 0 fully saturated rings. The van der Waals surface area contributed by atoms with E-state index in [0.29, 0.717) is 11.1 Å². The van der Waals surface area contributed by atoms with Crippen LogP contribution in [0.15, 0.2) is 146 Å². The van der Waals surface area contributed by atoms with E-state index >= 15 is 0 Å². The van der Waals surface area contributed by atoms with Gasteiger partial charge in [0.15, 0.2) is 0 Å². The van der Waals surface area contributed by atoms with E-state index in [-0.39, 0.29) is 24.0 Å². The summed E-state index contributed by atoms with van der Waals surface area (Å²) in [5.41, 5.74) is 11.0. The number of alkyl halides is 3. The van der Waals surface area contributed by atoms with E-state index in [1.54, 1.807) is 0 Å². The van der Waals surface area contributed by atoms with Crippen molar-refractivity contribution in [1.29, 1.82) is 0 Å². The van der Waals surface area contributed by atoms with Gasteiger partial charge in [-0.05, 0) is 122 Å². The lowest BCUT2D eigenvalue weighted by molar-refractivity contribution is -0.137. The van der Waals surface area contributed by atoms with E-state index in [1.807, 2.05) is 60.4 Å². The third kappa shape index (κ3) is 10.7. The molecule has 0 aromatic heterocycles. The number of hydrogen-bond acceptors (Lipinski definition) is 2. The van der Waals surface area contributed by atoms with Crippen LogP contribution in [-0.2, 0) is 6.18 Å². The van der Waals surface area contributed by atoms with Gasteiger partial charge >= 0.3 is 6.18 Å². The predicted octanol–water partition coefficient (Wildman–Crippen LogP) is 11.3. The van der Waals surface area contributed by atoms with Crippen LogP contribution in [0.5, 0.6) is 0 Å². The zero-order valence-electron chi connectivity index (χ0n) is 30.3. The second-order valence-corrected chi connectivity index (χ2v) is 14.3. The Bertz CT molecular complexity index is 1910. The average Bonchev–Trinajstić information content (AvgIpc) is 3.07. The highest BCUT2D eigenvalue weighted by Gasteiger charge is 2.30. The first kappa shape index (κ1) is 39.2. The van der Waals surface area contributed by atoms with Crippen molar-refractivity contribution in [3.63, 3.8) is 0 Å². The van der Waals surface area contributed by atoms with Crippen LogP contribution in [-0.4, -0.2) is 0 Å². The zero-order chi connectivity index (χ0) is 36.1. The monoisotopic (exact) mass is 797 g/mol. The molecule has 6 aromatic rings. The molecule has 0 saturated heterocycles. The van der Waals surface area contributed by atoms with Crippen LogP contribution in [0.25, 0.3) is 11.1 Å². The second kappa shape index (κ2) is 16.6. The van der Waals surface area contributed by atoms with Gasteiger partial charge in [-0.3, -0.25) is 0 Å². The molecular weight excluding hydrogens is 752 g/mol. The summed E-state index contributed by atoms with van der Waals surface area (Å²) in [6.07, 6.45) is -4.39. The highest BCUT2D eigenvalue weighted by atomic mass is 127. The molecule has 0 atom stereocenters. The Labute approximate surface area is 318 Å². The van der Waals surface area contributed by atoms with Gasteiger partial charge in [0.1, 0.15) is 0 Å². The van der Waals surface area contributed by atoms with Crippen LogP contribution in [0, 0.1) is 26.2 Å². The van der Waals surface area contributed by atoms with Gasteiger partial charge in [-0.25, -0.2) is 0 Å². The molecule has 6 rings (SSSR count). The SMILES string of the molecule is CC(C)(C)C.Cc1ccc(N(c2ccc(C)cc2)c2ccc(-c3ccc(N(c4ccc(C)cc4)c4ccc(C(F)(F)F)cc4)cc3)cc2)cc1.[I-]. The summed E-state index contributed by atoms with van der Waals surface area (Å²) in [7, 11) is 0. The maximum atomic E-state index is 13.3. The molecule has 0 bridgehead atoms. The zero-order valence-corrected chi connectivity index (χ0v) is 32.4. The summed E-state index contributed by atoms with van der Waals surface area (Å²) < 4.78 is 39.8. The van der Waals surface area contributed by atoms with Gasteiger partial charge in [-0.1, -0.05) is 105 Å². The standard InChI is InChI=1S/C40H33F3N2.C5H12.HI/c1-28-4-16-34(17-5-28)44(35-18-6-29(2)7-19-35)37-22-10-31(11-23-37)32-12-24-38(25-13-32)45(36-20-8-30(3)9-21-36)39-26-14-33(15-27-39)40(41,42)43;1-5(2,3)4;/h4-27H,1-3H3;1-4H3;1H/p-1. The molecule has 6 heteroatoms. The van der Waals surface area contributed by atoms with Crippen LogP contribution in [0.3, 0.4) is 0 Å². The molecule has 0 aliphatic rings. The van der Waals surface area contributed by atoms with Crippen molar-refractivity contribution in [2.45, 2.75) is 54.6 Å². The fraction of sp³-hybridized carbons (Fsp3) is 0.200. The van der Waals surface area contributed by atoms with Gasteiger partial charge in [0, 0.05) is 34.1 Å². The lowest BCUT2D eigenvalue weighted by Crippen LogP contribution is -3.00. The molecule has 0 aliphatic carbocycles. The van der Waals surface area contributed by atoms with E-state index in [4.69, 9.17) is 0 Å². The summed E-state index contributed by atoms with van der Waals surface area (Å²) in [5, 5.41) is 0. The number of nitrogens with zero attached hydrogens (tertiary/aromatic N) is 2. The highest BCUT2D eigenvalue weighted by molar-refractivity contribution is 5.81. The first-order valence-electron chi connectivity index (χ1n) is 16.8. The van der Waals surface area contributed by atoms with Crippen molar-refractivity contribution in [2.24, 2.45) is 5.41 Å². The molecular formula is C45H45F3IN2-. The molecule has 0 spiro atoms. The van der Waals surface area contributed by atoms with Crippen LogP contribution >= 0.6 is 0 Å². The van der Waals surface area contributed by atoms with E-state index in [0.717, 1.165) is 57.3 Å². The Morgan fingerprint density at radius 2 is 0.549 bits per heavy atom. The number of hydrogen-bond donors (Lipinski definition) is 0. The lowest BCUT2D eigenvalue weighted by Gasteiger charge is -2.26. The van der Waals surface area contributed by atoms with Crippen LogP contribution in [0.4, 0.5) is 47.3 Å². The molecule has 0 radical (unpaired) electrons. The molecule has 51 heavy (non-hydrogen) atoms. The topological polar surface area (TPSA) is 6.48 Å². The first-order chi connectivity index (χ1) is 23.7. The van der Waals surface area contributed by atoms with Gasteiger partial charge in [0.05, 0.1) is 5.56 Å². The second-order valence-electron chi connectivity index (χ2n) is 14.3. The largest absolute Gasteiger partial charge is 1.00 e. The molecule has 0 saturated carbocycles. The van der Waals surface area contributed by atoms with Crippen LogP contribution in [0.2, 0.25) is 0 Å². The Morgan fingerprint density at radius 1 is 0.353 bits per heavy atom. The third-order valence-electron chi connectivity index (χ3n) is 7.91. The number of rotatable bonds is 7. The van der Waals surface area contributed by atoms with Crippen molar-refractivity contribution in [3.8, 4) is 11.1 Å². The number of anilines is 6. The number of benzene rings is 6.